The molecule has 72 valence electrons. The minimum atomic E-state index is -0.868. The fourth-order valence-corrected chi connectivity index (χ4v) is 1.07. The van der Waals surface area contributed by atoms with Crippen molar-refractivity contribution in [3.63, 3.8) is 0 Å². The van der Waals surface area contributed by atoms with E-state index in [4.69, 9.17) is 10.5 Å². The maximum atomic E-state index is 9.46. The van der Waals surface area contributed by atoms with Crippen LogP contribution in [0.1, 0.15) is 24.3 Å². The molecule has 0 aliphatic heterocycles. The lowest BCUT2D eigenvalue weighted by molar-refractivity contribution is -0.0979. The van der Waals surface area contributed by atoms with Crippen molar-refractivity contribution in [2.24, 2.45) is 0 Å². The average molecular weight is 181 g/mol. The van der Waals surface area contributed by atoms with Crippen LogP contribution in [0.5, 0.6) is 0 Å². The van der Waals surface area contributed by atoms with Gasteiger partial charge in [0.2, 0.25) is 0 Å². The second kappa shape index (κ2) is 4.25. The molecule has 3 heteroatoms. The molecule has 0 aliphatic rings. The first-order valence-electron chi connectivity index (χ1n) is 4.31. The van der Waals surface area contributed by atoms with Crippen molar-refractivity contribution in [2.75, 3.05) is 12.3 Å². The van der Waals surface area contributed by atoms with Crippen LogP contribution in [0, 0.1) is 6.92 Å². The Balaban J connectivity index is 2.84. The van der Waals surface area contributed by atoms with Crippen molar-refractivity contribution in [3.05, 3.63) is 29.3 Å². The summed E-state index contributed by atoms with van der Waals surface area (Å²) >= 11 is 0. The largest absolute Gasteiger partial charge is 0.399 e. The molecule has 3 nitrogen and oxygen atoms in total. The number of aliphatic hydroxyl groups excluding tert-OH is 1. The van der Waals surface area contributed by atoms with Crippen LogP contribution in [-0.4, -0.2) is 11.7 Å². The van der Waals surface area contributed by atoms with Gasteiger partial charge < -0.3 is 15.6 Å². The summed E-state index contributed by atoms with van der Waals surface area (Å²) in [7, 11) is 0. The first-order chi connectivity index (χ1) is 6.15. The molecule has 0 spiro atoms. The van der Waals surface area contributed by atoms with Gasteiger partial charge in [0.05, 0.1) is 0 Å². The Morgan fingerprint density at radius 1 is 1.54 bits per heavy atom. The molecule has 0 saturated carbocycles. The van der Waals surface area contributed by atoms with E-state index in [-0.39, 0.29) is 0 Å². The summed E-state index contributed by atoms with van der Waals surface area (Å²) in [6.07, 6.45) is -0.868. The number of ether oxygens (including phenoxy) is 1. The number of nitrogen functional groups attached to an aromatic ring is 1. The molecule has 1 unspecified atom stereocenters. The monoisotopic (exact) mass is 181 g/mol. The number of rotatable bonds is 3. The molecular formula is C10H15NO2. The molecule has 0 aliphatic carbocycles. The van der Waals surface area contributed by atoms with Gasteiger partial charge in [0.25, 0.3) is 0 Å². The third kappa shape index (κ3) is 2.44. The number of aliphatic hydroxyl groups is 1. The predicted molar refractivity (Wildman–Crippen MR) is 52.2 cm³/mol. The third-order valence-electron chi connectivity index (χ3n) is 1.91. The van der Waals surface area contributed by atoms with Crippen molar-refractivity contribution in [1.82, 2.24) is 0 Å². The number of hydrogen-bond donors (Lipinski definition) is 2. The minimum absolute atomic E-state index is 0.481. The lowest BCUT2D eigenvalue weighted by atomic mass is 10.1. The number of aryl methyl sites for hydroxylation is 1. The van der Waals surface area contributed by atoms with Crippen molar-refractivity contribution in [2.45, 2.75) is 20.1 Å². The Kier molecular flexibility index (Phi) is 3.28. The van der Waals surface area contributed by atoms with E-state index in [1.807, 2.05) is 26.0 Å². The summed E-state index contributed by atoms with van der Waals surface area (Å²) < 4.78 is 5.02. The third-order valence-corrected chi connectivity index (χ3v) is 1.91. The second-order valence-corrected chi connectivity index (χ2v) is 2.92. The average Bonchev–Trinajstić information content (AvgIpc) is 2.10. The van der Waals surface area contributed by atoms with E-state index in [2.05, 4.69) is 0 Å². The summed E-state index contributed by atoms with van der Waals surface area (Å²) in [6.45, 7) is 4.24. The van der Waals surface area contributed by atoms with E-state index in [0.717, 1.165) is 5.56 Å². The first-order valence-corrected chi connectivity index (χ1v) is 4.31. The standard InChI is InChI=1S/C10H15NO2/c1-3-13-10(12)8-5-4-7(2)9(11)6-8/h4-6,10,12H,3,11H2,1-2H3. The predicted octanol–water partition coefficient (Wildman–Crippen LogP) is 1.60. The molecule has 0 heterocycles. The highest BCUT2D eigenvalue weighted by Crippen LogP contribution is 2.19. The molecule has 1 aromatic carbocycles. The summed E-state index contributed by atoms with van der Waals surface area (Å²) in [5.74, 6) is 0. The maximum Gasteiger partial charge on any atom is 0.181 e. The van der Waals surface area contributed by atoms with Gasteiger partial charge in [-0.05, 0) is 25.5 Å². The first kappa shape index (κ1) is 10.0. The molecule has 0 amide bonds. The molecule has 0 saturated heterocycles. The highest BCUT2D eigenvalue weighted by atomic mass is 16.6. The van der Waals surface area contributed by atoms with E-state index in [0.29, 0.717) is 17.9 Å². The Morgan fingerprint density at radius 3 is 2.77 bits per heavy atom. The molecule has 3 N–H and O–H groups in total. The Labute approximate surface area is 78.1 Å². The molecule has 0 fully saturated rings. The molecule has 1 rings (SSSR count). The number of nitrogens with two attached hydrogens (primary N) is 1. The lowest BCUT2D eigenvalue weighted by Crippen LogP contribution is -2.03. The van der Waals surface area contributed by atoms with Gasteiger partial charge in [0.15, 0.2) is 6.29 Å². The van der Waals surface area contributed by atoms with Crippen LogP contribution in [0.25, 0.3) is 0 Å². The fraction of sp³-hybridized carbons (Fsp3) is 0.400. The molecule has 0 radical (unpaired) electrons. The van der Waals surface area contributed by atoms with E-state index in [1.54, 1.807) is 6.07 Å². The molecule has 1 atom stereocenters. The maximum absolute atomic E-state index is 9.46. The zero-order chi connectivity index (χ0) is 9.84. The number of benzene rings is 1. The lowest BCUT2D eigenvalue weighted by Gasteiger charge is -2.11. The summed E-state index contributed by atoms with van der Waals surface area (Å²) in [6, 6.07) is 5.41. The van der Waals surface area contributed by atoms with E-state index in [1.165, 1.54) is 0 Å². The van der Waals surface area contributed by atoms with Crippen LogP contribution >= 0.6 is 0 Å². The highest BCUT2D eigenvalue weighted by molar-refractivity contribution is 5.48. The number of hydrogen-bond acceptors (Lipinski definition) is 3. The van der Waals surface area contributed by atoms with Gasteiger partial charge in [-0.25, -0.2) is 0 Å². The highest BCUT2D eigenvalue weighted by Gasteiger charge is 2.07. The molecule has 1 aromatic rings. The van der Waals surface area contributed by atoms with Crippen LogP contribution in [0.2, 0.25) is 0 Å². The molecule has 13 heavy (non-hydrogen) atoms. The van der Waals surface area contributed by atoms with Crippen molar-refractivity contribution >= 4 is 5.69 Å². The topological polar surface area (TPSA) is 55.5 Å². The zero-order valence-corrected chi connectivity index (χ0v) is 7.95. The van der Waals surface area contributed by atoms with Gasteiger partial charge >= 0.3 is 0 Å². The van der Waals surface area contributed by atoms with Crippen LogP contribution in [0.4, 0.5) is 5.69 Å². The SMILES string of the molecule is CCOC(O)c1ccc(C)c(N)c1. The summed E-state index contributed by atoms with van der Waals surface area (Å²) in [4.78, 5) is 0. The van der Waals surface area contributed by atoms with Crippen LogP contribution in [0.15, 0.2) is 18.2 Å². The van der Waals surface area contributed by atoms with E-state index < -0.39 is 6.29 Å². The summed E-state index contributed by atoms with van der Waals surface area (Å²) in [5, 5.41) is 9.46. The van der Waals surface area contributed by atoms with Crippen molar-refractivity contribution in [1.29, 1.82) is 0 Å². The van der Waals surface area contributed by atoms with E-state index in [9.17, 15) is 5.11 Å². The smallest absolute Gasteiger partial charge is 0.181 e. The summed E-state index contributed by atoms with van der Waals surface area (Å²) in [5.41, 5.74) is 8.07. The Bertz CT molecular complexity index is 286. The van der Waals surface area contributed by atoms with Crippen molar-refractivity contribution < 1.29 is 9.84 Å². The van der Waals surface area contributed by atoms with Gasteiger partial charge in [-0.1, -0.05) is 12.1 Å². The zero-order valence-electron chi connectivity index (χ0n) is 7.95. The van der Waals surface area contributed by atoms with Gasteiger partial charge in [-0.2, -0.15) is 0 Å². The molecular weight excluding hydrogens is 166 g/mol. The minimum Gasteiger partial charge on any atom is -0.399 e. The molecule has 0 bridgehead atoms. The van der Waals surface area contributed by atoms with Crippen LogP contribution in [0.3, 0.4) is 0 Å². The second-order valence-electron chi connectivity index (χ2n) is 2.92. The van der Waals surface area contributed by atoms with E-state index >= 15 is 0 Å². The molecule has 0 aromatic heterocycles. The Morgan fingerprint density at radius 2 is 2.23 bits per heavy atom. The van der Waals surface area contributed by atoms with Gasteiger partial charge in [0, 0.05) is 17.9 Å². The number of anilines is 1. The van der Waals surface area contributed by atoms with Crippen LogP contribution in [-0.2, 0) is 4.74 Å². The van der Waals surface area contributed by atoms with Gasteiger partial charge in [0.1, 0.15) is 0 Å². The quantitative estimate of drug-likeness (QED) is 0.550. The van der Waals surface area contributed by atoms with Crippen LogP contribution < -0.4 is 5.73 Å². The normalized spacial score (nSPS) is 12.8. The van der Waals surface area contributed by atoms with Gasteiger partial charge in [-0.15, -0.1) is 0 Å². The van der Waals surface area contributed by atoms with Crippen molar-refractivity contribution in [3.8, 4) is 0 Å². The van der Waals surface area contributed by atoms with Gasteiger partial charge in [-0.3, -0.25) is 0 Å². The Hall–Kier alpha value is -1.06. The fourth-order valence-electron chi connectivity index (χ4n) is 1.07.